The Bertz CT molecular complexity index is 886. The van der Waals surface area contributed by atoms with E-state index in [0.29, 0.717) is 0 Å². The highest BCUT2D eigenvalue weighted by Crippen LogP contribution is 2.29. The van der Waals surface area contributed by atoms with E-state index in [1.165, 1.54) is 0 Å². The molecule has 0 atom stereocenters. The molecule has 128 valence electrons. The van der Waals surface area contributed by atoms with Crippen LogP contribution in [0.5, 0.6) is 5.75 Å². The van der Waals surface area contributed by atoms with Gasteiger partial charge in [0, 0.05) is 18.3 Å². The summed E-state index contributed by atoms with van der Waals surface area (Å²) in [5, 5.41) is 7.17. The SMILES string of the molecule is COc1cccc(CC(=O)Nc2cccc(-c3c(Br)cnn3C)c2)c1. The second-order valence-electron chi connectivity index (χ2n) is 5.62. The lowest BCUT2D eigenvalue weighted by molar-refractivity contribution is -0.115. The molecule has 25 heavy (non-hydrogen) atoms. The minimum atomic E-state index is -0.0746. The highest BCUT2D eigenvalue weighted by atomic mass is 79.9. The largest absolute Gasteiger partial charge is 0.497 e. The molecule has 3 aromatic rings. The van der Waals surface area contributed by atoms with Crippen LogP contribution >= 0.6 is 15.9 Å². The van der Waals surface area contributed by atoms with Crippen LogP contribution in [0.2, 0.25) is 0 Å². The fourth-order valence-corrected chi connectivity index (χ4v) is 3.23. The number of hydrogen-bond donors (Lipinski definition) is 1. The maximum absolute atomic E-state index is 12.3. The summed E-state index contributed by atoms with van der Waals surface area (Å²) in [7, 11) is 3.50. The van der Waals surface area contributed by atoms with E-state index in [1.807, 2.05) is 55.6 Å². The summed E-state index contributed by atoms with van der Waals surface area (Å²) in [6.45, 7) is 0. The van der Waals surface area contributed by atoms with Gasteiger partial charge in [-0.2, -0.15) is 5.10 Å². The molecule has 3 rings (SSSR count). The van der Waals surface area contributed by atoms with E-state index in [0.717, 1.165) is 32.7 Å². The molecule has 0 aliphatic heterocycles. The molecular formula is C19H18BrN3O2. The second-order valence-corrected chi connectivity index (χ2v) is 6.48. The number of methoxy groups -OCH3 is 1. The molecule has 0 fully saturated rings. The van der Waals surface area contributed by atoms with Crippen LogP contribution in [0.3, 0.4) is 0 Å². The molecule has 1 aromatic heterocycles. The summed E-state index contributed by atoms with van der Waals surface area (Å²) < 4.78 is 7.89. The Morgan fingerprint density at radius 3 is 2.76 bits per heavy atom. The number of aryl methyl sites for hydroxylation is 1. The first-order valence-corrected chi connectivity index (χ1v) is 8.57. The molecule has 1 N–H and O–H groups in total. The van der Waals surface area contributed by atoms with Crippen LogP contribution in [0.4, 0.5) is 5.69 Å². The third kappa shape index (κ3) is 4.09. The zero-order valence-electron chi connectivity index (χ0n) is 14.0. The molecule has 0 bridgehead atoms. The molecule has 2 aromatic carbocycles. The minimum Gasteiger partial charge on any atom is -0.497 e. The van der Waals surface area contributed by atoms with Gasteiger partial charge in [-0.3, -0.25) is 9.48 Å². The number of benzene rings is 2. The van der Waals surface area contributed by atoms with Gasteiger partial charge in [0.2, 0.25) is 5.91 Å². The number of rotatable bonds is 5. The molecule has 0 aliphatic rings. The summed E-state index contributed by atoms with van der Waals surface area (Å²) in [4.78, 5) is 12.3. The van der Waals surface area contributed by atoms with Crippen LogP contribution in [-0.2, 0) is 18.3 Å². The van der Waals surface area contributed by atoms with Crippen molar-refractivity contribution in [1.82, 2.24) is 9.78 Å². The molecule has 0 radical (unpaired) electrons. The topological polar surface area (TPSA) is 56.1 Å². The number of amides is 1. The van der Waals surface area contributed by atoms with Crippen molar-refractivity contribution in [3.8, 4) is 17.0 Å². The number of nitrogens with one attached hydrogen (secondary N) is 1. The van der Waals surface area contributed by atoms with Gasteiger partial charge in [-0.05, 0) is 45.8 Å². The average molecular weight is 400 g/mol. The molecule has 1 amide bonds. The van der Waals surface area contributed by atoms with Crippen molar-refractivity contribution in [3.05, 3.63) is 64.8 Å². The van der Waals surface area contributed by atoms with E-state index in [-0.39, 0.29) is 12.3 Å². The quantitative estimate of drug-likeness (QED) is 0.704. The summed E-state index contributed by atoms with van der Waals surface area (Å²) in [6, 6.07) is 15.2. The molecule has 6 heteroatoms. The number of ether oxygens (including phenoxy) is 1. The first-order chi connectivity index (χ1) is 12.1. The normalized spacial score (nSPS) is 10.5. The lowest BCUT2D eigenvalue weighted by atomic mass is 10.1. The molecule has 5 nitrogen and oxygen atoms in total. The highest BCUT2D eigenvalue weighted by molar-refractivity contribution is 9.10. The third-order valence-electron chi connectivity index (χ3n) is 3.81. The maximum Gasteiger partial charge on any atom is 0.228 e. The van der Waals surface area contributed by atoms with E-state index in [1.54, 1.807) is 18.0 Å². The van der Waals surface area contributed by atoms with Crippen LogP contribution in [0.25, 0.3) is 11.3 Å². The Kier molecular flexibility index (Phi) is 5.19. The zero-order chi connectivity index (χ0) is 17.8. The summed E-state index contributed by atoms with van der Waals surface area (Å²) in [5.41, 5.74) is 3.59. The Hall–Kier alpha value is -2.60. The second kappa shape index (κ2) is 7.53. The maximum atomic E-state index is 12.3. The van der Waals surface area contributed by atoms with Gasteiger partial charge in [0.1, 0.15) is 5.75 Å². The molecular weight excluding hydrogens is 382 g/mol. The molecule has 0 aliphatic carbocycles. The van der Waals surface area contributed by atoms with E-state index >= 15 is 0 Å². The number of hydrogen-bond acceptors (Lipinski definition) is 3. The van der Waals surface area contributed by atoms with E-state index in [4.69, 9.17) is 4.74 Å². The number of anilines is 1. The van der Waals surface area contributed by atoms with E-state index in [2.05, 4.69) is 26.3 Å². The first-order valence-electron chi connectivity index (χ1n) is 7.77. The minimum absolute atomic E-state index is 0.0746. The molecule has 1 heterocycles. The van der Waals surface area contributed by atoms with Gasteiger partial charge in [-0.25, -0.2) is 0 Å². The summed E-state index contributed by atoms with van der Waals surface area (Å²) in [5.74, 6) is 0.669. The van der Waals surface area contributed by atoms with Crippen molar-refractivity contribution >= 4 is 27.5 Å². The van der Waals surface area contributed by atoms with Crippen LogP contribution in [0, 0.1) is 0 Å². The predicted octanol–water partition coefficient (Wildman–Crippen LogP) is 4.04. The van der Waals surface area contributed by atoms with Crippen molar-refractivity contribution in [2.24, 2.45) is 7.05 Å². The monoisotopic (exact) mass is 399 g/mol. The summed E-state index contributed by atoms with van der Waals surface area (Å²) >= 11 is 3.50. The van der Waals surface area contributed by atoms with Crippen molar-refractivity contribution in [1.29, 1.82) is 0 Å². The average Bonchev–Trinajstić information content (AvgIpc) is 2.93. The van der Waals surface area contributed by atoms with Crippen LogP contribution in [0.1, 0.15) is 5.56 Å². The fraction of sp³-hybridized carbons (Fsp3) is 0.158. The Labute approximate surface area is 154 Å². The van der Waals surface area contributed by atoms with Crippen LogP contribution < -0.4 is 10.1 Å². The van der Waals surface area contributed by atoms with Gasteiger partial charge in [0.15, 0.2) is 0 Å². The Morgan fingerprint density at radius 2 is 2.04 bits per heavy atom. The predicted molar refractivity (Wildman–Crippen MR) is 102 cm³/mol. The number of carbonyl (C=O) groups is 1. The third-order valence-corrected chi connectivity index (χ3v) is 4.39. The number of carbonyl (C=O) groups excluding carboxylic acids is 1. The van der Waals surface area contributed by atoms with Gasteiger partial charge < -0.3 is 10.1 Å². The number of nitrogens with zero attached hydrogens (tertiary/aromatic N) is 2. The van der Waals surface area contributed by atoms with Gasteiger partial charge in [0.25, 0.3) is 0 Å². The van der Waals surface area contributed by atoms with E-state index in [9.17, 15) is 4.79 Å². The summed E-state index contributed by atoms with van der Waals surface area (Å²) in [6.07, 6.45) is 2.04. The fourth-order valence-electron chi connectivity index (χ4n) is 2.65. The lowest BCUT2D eigenvalue weighted by Gasteiger charge is -2.09. The van der Waals surface area contributed by atoms with Gasteiger partial charge in [-0.1, -0.05) is 24.3 Å². The Morgan fingerprint density at radius 1 is 1.24 bits per heavy atom. The van der Waals surface area contributed by atoms with Crippen molar-refractivity contribution in [2.45, 2.75) is 6.42 Å². The van der Waals surface area contributed by atoms with Gasteiger partial charge in [-0.15, -0.1) is 0 Å². The standard InChI is InChI=1S/C19H18BrN3O2/c1-23-19(17(20)12-21-23)14-6-4-7-15(11-14)22-18(24)10-13-5-3-8-16(9-13)25-2/h3-9,11-12H,10H2,1-2H3,(H,22,24). The first kappa shape index (κ1) is 17.2. The van der Waals surface area contributed by atoms with Crippen molar-refractivity contribution in [3.63, 3.8) is 0 Å². The highest BCUT2D eigenvalue weighted by Gasteiger charge is 2.10. The zero-order valence-corrected chi connectivity index (χ0v) is 15.6. The number of halogens is 1. The van der Waals surface area contributed by atoms with Crippen molar-refractivity contribution < 1.29 is 9.53 Å². The van der Waals surface area contributed by atoms with E-state index < -0.39 is 0 Å². The molecule has 0 spiro atoms. The smallest absolute Gasteiger partial charge is 0.228 e. The van der Waals surface area contributed by atoms with Crippen molar-refractivity contribution in [2.75, 3.05) is 12.4 Å². The molecule has 0 saturated heterocycles. The van der Waals surface area contributed by atoms with Gasteiger partial charge >= 0.3 is 0 Å². The van der Waals surface area contributed by atoms with Crippen LogP contribution in [-0.4, -0.2) is 22.8 Å². The number of aromatic nitrogens is 2. The lowest BCUT2D eigenvalue weighted by Crippen LogP contribution is -2.14. The van der Waals surface area contributed by atoms with Crippen LogP contribution in [0.15, 0.2) is 59.2 Å². The molecule has 0 saturated carbocycles. The Balaban J connectivity index is 1.75. The van der Waals surface area contributed by atoms with Gasteiger partial charge in [0.05, 0.1) is 29.9 Å². The molecule has 0 unspecified atom stereocenters.